The molecule has 132 valence electrons. The lowest BCUT2D eigenvalue weighted by atomic mass is 10.0. The van der Waals surface area contributed by atoms with Crippen LogP contribution in [0.5, 0.6) is 0 Å². The molecular weight excluding hydrogens is 281 g/mol. The summed E-state index contributed by atoms with van der Waals surface area (Å²) in [4.78, 5) is 11.7. The van der Waals surface area contributed by atoms with E-state index in [-0.39, 0.29) is 12.5 Å². The lowest BCUT2D eigenvalue weighted by Crippen LogP contribution is -2.44. The van der Waals surface area contributed by atoms with E-state index in [0.717, 1.165) is 38.5 Å². The molecule has 0 rings (SSSR count). The largest absolute Gasteiger partial charge is 0.394 e. The van der Waals surface area contributed by atoms with Crippen LogP contribution in [0.4, 0.5) is 4.39 Å². The van der Waals surface area contributed by atoms with Crippen molar-refractivity contribution in [1.29, 1.82) is 0 Å². The summed E-state index contributed by atoms with van der Waals surface area (Å²) in [6.07, 6.45) is 10.6. The minimum atomic E-state index is -1.14. The molecule has 2 atom stereocenters. The van der Waals surface area contributed by atoms with Gasteiger partial charge in [-0.1, -0.05) is 71.6 Å². The van der Waals surface area contributed by atoms with Crippen LogP contribution in [0.1, 0.15) is 90.9 Å². The molecule has 3 nitrogen and oxygen atoms in total. The highest BCUT2D eigenvalue weighted by Crippen LogP contribution is 2.13. The molecule has 4 heteroatoms. The van der Waals surface area contributed by atoms with Crippen molar-refractivity contribution < 1.29 is 14.3 Å². The Bertz CT molecular complexity index is 261. The van der Waals surface area contributed by atoms with E-state index in [4.69, 9.17) is 0 Å². The van der Waals surface area contributed by atoms with Crippen molar-refractivity contribution in [3.05, 3.63) is 0 Å². The van der Waals surface area contributed by atoms with Gasteiger partial charge in [0.1, 0.15) is 6.17 Å². The number of carbonyl (C=O) groups is 1. The van der Waals surface area contributed by atoms with E-state index in [1.165, 1.54) is 25.7 Å². The molecule has 0 aromatic carbocycles. The molecule has 0 fully saturated rings. The van der Waals surface area contributed by atoms with Crippen molar-refractivity contribution in [3.63, 3.8) is 0 Å². The normalized spacial score (nSPS) is 13.8. The van der Waals surface area contributed by atoms with Gasteiger partial charge in [0.2, 0.25) is 5.91 Å². The molecule has 0 saturated heterocycles. The van der Waals surface area contributed by atoms with Crippen LogP contribution in [0.25, 0.3) is 0 Å². The van der Waals surface area contributed by atoms with Gasteiger partial charge >= 0.3 is 0 Å². The van der Waals surface area contributed by atoms with Crippen molar-refractivity contribution in [2.45, 2.75) is 103 Å². The molecule has 0 aromatic heterocycles. The maximum atomic E-state index is 14.1. The monoisotopic (exact) mass is 317 g/mol. The van der Waals surface area contributed by atoms with Gasteiger partial charge in [-0.2, -0.15) is 0 Å². The van der Waals surface area contributed by atoms with Gasteiger partial charge in [-0.25, -0.2) is 4.39 Å². The Balaban J connectivity index is 3.75. The van der Waals surface area contributed by atoms with Gasteiger partial charge in [0, 0.05) is 6.42 Å². The molecule has 2 N–H and O–H groups in total. The summed E-state index contributed by atoms with van der Waals surface area (Å²) >= 11 is 0. The third-order valence-electron chi connectivity index (χ3n) is 4.07. The number of nitrogens with one attached hydrogen (secondary N) is 1. The third kappa shape index (κ3) is 12.0. The quantitative estimate of drug-likeness (QED) is 0.436. The molecule has 0 heterocycles. The van der Waals surface area contributed by atoms with Gasteiger partial charge in [0.15, 0.2) is 0 Å². The van der Waals surface area contributed by atoms with E-state index in [0.29, 0.717) is 12.8 Å². The highest BCUT2D eigenvalue weighted by molar-refractivity contribution is 5.76. The van der Waals surface area contributed by atoms with E-state index >= 15 is 0 Å². The molecule has 0 bridgehead atoms. The number of aliphatic hydroxyl groups excluding tert-OH is 1. The molecule has 0 aliphatic carbocycles. The third-order valence-corrected chi connectivity index (χ3v) is 4.07. The van der Waals surface area contributed by atoms with Gasteiger partial charge in [-0.05, 0) is 12.8 Å². The van der Waals surface area contributed by atoms with Crippen LogP contribution in [-0.4, -0.2) is 29.8 Å². The first-order valence-corrected chi connectivity index (χ1v) is 9.19. The molecule has 0 aliphatic rings. The fourth-order valence-corrected chi connectivity index (χ4v) is 2.56. The summed E-state index contributed by atoms with van der Waals surface area (Å²) in [6, 6.07) is -0.741. The number of aliphatic hydroxyl groups is 1. The standard InChI is InChI=1S/C18H36FNO2/c1-3-5-7-8-9-10-12-13-16(19)17(15-21)20-18(22)14-11-6-4-2/h16-17,21H,3-15H2,1-2H3,(H,20,22)/t16-,17-/m0/s1. The van der Waals surface area contributed by atoms with Crippen molar-refractivity contribution in [3.8, 4) is 0 Å². The number of hydrogen-bond donors (Lipinski definition) is 2. The lowest BCUT2D eigenvalue weighted by molar-refractivity contribution is -0.122. The second kappa shape index (κ2) is 15.3. The van der Waals surface area contributed by atoms with Crippen LogP contribution in [0.15, 0.2) is 0 Å². The highest BCUT2D eigenvalue weighted by atomic mass is 19.1. The molecule has 22 heavy (non-hydrogen) atoms. The van der Waals surface area contributed by atoms with Crippen LogP contribution in [0, 0.1) is 0 Å². The number of unbranched alkanes of at least 4 members (excludes halogenated alkanes) is 8. The van der Waals surface area contributed by atoms with Crippen LogP contribution < -0.4 is 5.32 Å². The first-order chi connectivity index (χ1) is 10.7. The van der Waals surface area contributed by atoms with Gasteiger partial charge in [0.05, 0.1) is 12.6 Å². The second-order valence-electron chi connectivity index (χ2n) is 6.24. The summed E-state index contributed by atoms with van der Waals surface area (Å²) < 4.78 is 14.1. The predicted molar refractivity (Wildman–Crippen MR) is 90.7 cm³/mol. The molecule has 0 aliphatic heterocycles. The first-order valence-electron chi connectivity index (χ1n) is 9.19. The Kier molecular flexibility index (Phi) is 14.8. The van der Waals surface area contributed by atoms with Crippen molar-refractivity contribution in [1.82, 2.24) is 5.32 Å². The van der Waals surface area contributed by atoms with E-state index in [2.05, 4.69) is 19.2 Å². The number of halogens is 1. The topological polar surface area (TPSA) is 49.3 Å². The van der Waals surface area contributed by atoms with E-state index < -0.39 is 12.2 Å². The summed E-state index contributed by atoms with van der Waals surface area (Å²) in [6.45, 7) is 3.95. The molecule has 0 spiro atoms. The van der Waals surface area contributed by atoms with Crippen LogP contribution in [-0.2, 0) is 4.79 Å². The smallest absolute Gasteiger partial charge is 0.220 e. The number of alkyl halides is 1. The molecule has 0 radical (unpaired) electrons. The number of rotatable bonds is 15. The summed E-state index contributed by atoms with van der Waals surface area (Å²) in [5, 5.41) is 11.9. The van der Waals surface area contributed by atoms with Crippen molar-refractivity contribution in [2.75, 3.05) is 6.61 Å². The average molecular weight is 317 g/mol. The van der Waals surface area contributed by atoms with Crippen molar-refractivity contribution in [2.24, 2.45) is 0 Å². The van der Waals surface area contributed by atoms with E-state index in [1.807, 2.05) is 0 Å². The Hall–Kier alpha value is -0.640. The summed E-state index contributed by atoms with van der Waals surface area (Å²) in [5.74, 6) is -0.144. The van der Waals surface area contributed by atoms with Gasteiger partial charge in [-0.15, -0.1) is 0 Å². The minimum absolute atomic E-state index is 0.144. The minimum Gasteiger partial charge on any atom is -0.394 e. The average Bonchev–Trinajstić information content (AvgIpc) is 2.51. The number of hydrogen-bond acceptors (Lipinski definition) is 2. The summed E-state index contributed by atoms with van der Waals surface area (Å²) in [5.41, 5.74) is 0. The maximum absolute atomic E-state index is 14.1. The summed E-state index contributed by atoms with van der Waals surface area (Å²) in [7, 11) is 0. The van der Waals surface area contributed by atoms with E-state index in [9.17, 15) is 14.3 Å². The molecule has 0 saturated carbocycles. The fourth-order valence-electron chi connectivity index (χ4n) is 2.56. The van der Waals surface area contributed by atoms with Crippen LogP contribution >= 0.6 is 0 Å². The Morgan fingerprint density at radius 2 is 1.50 bits per heavy atom. The van der Waals surface area contributed by atoms with Crippen molar-refractivity contribution >= 4 is 5.91 Å². The Morgan fingerprint density at radius 3 is 2.09 bits per heavy atom. The second-order valence-corrected chi connectivity index (χ2v) is 6.24. The van der Waals surface area contributed by atoms with Gasteiger partial charge < -0.3 is 10.4 Å². The number of carbonyl (C=O) groups excluding carboxylic acids is 1. The Labute approximate surface area is 136 Å². The van der Waals surface area contributed by atoms with Gasteiger partial charge in [-0.3, -0.25) is 4.79 Å². The fraction of sp³-hybridized carbons (Fsp3) is 0.944. The lowest BCUT2D eigenvalue weighted by Gasteiger charge is -2.20. The number of amides is 1. The zero-order chi connectivity index (χ0) is 16.6. The molecule has 0 aromatic rings. The SMILES string of the molecule is CCCCCCCCC[C@H](F)[C@H](CO)NC(=O)CCCCC. The highest BCUT2D eigenvalue weighted by Gasteiger charge is 2.21. The molecular formula is C18H36FNO2. The zero-order valence-electron chi connectivity index (χ0n) is 14.6. The Morgan fingerprint density at radius 1 is 0.955 bits per heavy atom. The first kappa shape index (κ1) is 21.4. The van der Waals surface area contributed by atoms with Crippen LogP contribution in [0.2, 0.25) is 0 Å². The van der Waals surface area contributed by atoms with E-state index in [1.54, 1.807) is 0 Å². The van der Waals surface area contributed by atoms with Gasteiger partial charge in [0.25, 0.3) is 0 Å². The van der Waals surface area contributed by atoms with Crippen LogP contribution in [0.3, 0.4) is 0 Å². The zero-order valence-corrected chi connectivity index (χ0v) is 14.6. The molecule has 1 amide bonds. The maximum Gasteiger partial charge on any atom is 0.220 e. The molecule has 0 unspecified atom stereocenters. The predicted octanol–water partition coefficient (Wildman–Crippen LogP) is 4.52.